The molecule has 1 aromatic rings. The Labute approximate surface area is 142 Å². The summed E-state index contributed by atoms with van der Waals surface area (Å²) in [6.07, 6.45) is 5.84. The lowest BCUT2D eigenvalue weighted by Crippen LogP contribution is -2.45. The van der Waals surface area contributed by atoms with Crippen LogP contribution < -0.4 is 5.32 Å². The number of hydrogen-bond acceptors (Lipinski definition) is 5. The first-order valence-corrected chi connectivity index (χ1v) is 8.93. The first-order chi connectivity index (χ1) is 11.5. The Morgan fingerprint density at radius 1 is 1.12 bits per heavy atom. The fourth-order valence-electron chi connectivity index (χ4n) is 3.67. The molecule has 2 aliphatic rings. The molecular weight excluding hydrogens is 308 g/mol. The maximum atomic E-state index is 12.4. The molecule has 2 amide bonds. The summed E-state index contributed by atoms with van der Waals surface area (Å²) in [5.41, 5.74) is 0. The minimum atomic E-state index is -0.295. The predicted molar refractivity (Wildman–Crippen MR) is 86.9 cm³/mol. The Bertz CT molecular complexity index is 586. The predicted octanol–water partition coefficient (Wildman–Crippen LogP) is 1.98. The average molecular weight is 334 g/mol. The summed E-state index contributed by atoms with van der Waals surface area (Å²) >= 11 is 0. The molecule has 7 nitrogen and oxygen atoms in total. The van der Waals surface area contributed by atoms with Crippen LogP contribution in [-0.4, -0.2) is 40.0 Å². The molecule has 0 aromatic carbocycles. The zero-order chi connectivity index (χ0) is 17.1. The lowest BCUT2D eigenvalue weighted by atomic mass is 9.94. The van der Waals surface area contributed by atoms with Crippen LogP contribution in [0.5, 0.6) is 0 Å². The molecular formula is C17H26N4O3. The van der Waals surface area contributed by atoms with Crippen molar-refractivity contribution in [2.45, 2.75) is 58.4 Å². The van der Waals surface area contributed by atoms with E-state index in [1.165, 1.54) is 12.8 Å². The van der Waals surface area contributed by atoms with Crippen LogP contribution in [0.15, 0.2) is 4.42 Å². The highest BCUT2D eigenvalue weighted by Crippen LogP contribution is 2.28. The highest BCUT2D eigenvalue weighted by molar-refractivity contribution is 5.81. The molecule has 0 unspecified atom stereocenters. The third-order valence-electron chi connectivity index (χ3n) is 5.15. The fraction of sp³-hybridized carbons (Fsp3) is 0.765. The van der Waals surface area contributed by atoms with E-state index in [4.69, 9.17) is 4.42 Å². The molecule has 1 aromatic heterocycles. The van der Waals surface area contributed by atoms with E-state index in [1.54, 1.807) is 6.92 Å². The van der Waals surface area contributed by atoms with Crippen molar-refractivity contribution in [2.24, 2.45) is 11.8 Å². The zero-order valence-electron chi connectivity index (χ0n) is 14.5. The van der Waals surface area contributed by atoms with Crippen LogP contribution in [0.2, 0.25) is 0 Å². The van der Waals surface area contributed by atoms with E-state index in [0.29, 0.717) is 30.8 Å². The van der Waals surface area contributed by atoms with Gasteiger partial charge in [-0.3, -0.25) is 9.59 Å². The highest BCUT2D eigenvalue weighted by Gasteiger charge is 2.32. The fourth-order valence-corrected chi connectivity index (χ4v) is 3.67. The molecule has 132 valence electrons. The first kappa shape index (κ1) is 16.9. The molecule has 24 heavy (non-hydrogen) atoms. The van der Waals surface area contributed by atoms with Gasteiger partial charge in [-0.15, -0.1) is 10.2 Å². The van der Waals surface area contributed by atoms with Gasteiger partial charge in [0.15, 0.2) is 0 Å². The van der Waals surface area contributed by atoms with Crippen LogP contribution in [0.4, 0.5) is 0 Å². The Morgan fingerprint density at radius 3 is 2.38 bits per heavy atom. The van der Waals surface area contributed by atoms with Crippen LogP contribution >= 0.6 is 0 Å². The maximum Gasteiger partial charge on any atom is 0.238 e. The van der Waals surface area contributed by atoms with E-state index in [1.807, 2.05) is 11.8 Å². The average Bonchev–Trinajstić information content (AvgIpc) is 3.26. The van der Waals surface area contributed by atoms with E-state index in [0.717, 1.165) is 25.7 Å². The van der Waals surface area contributed by atoms with Gasteiger partial charge in [0, 0.05) is 31.8 Å². The van der Waals surface area contributed by atoms with Crippen LogP contribution in [0, 0.1) is 18.8 Å². The topological polar surface area (TPSA) is 88.3 Å². The SMILES string of the molecule is Cc1nnc([C@H](C)NC(=O)C2CCN(C(=O)C3CCCC3)CC2)o1. The smallest absolute Gasteiger partial charge is 0.238 e. The number of aryl methyl sites for hydroxylation is 1. The number of piperidine rings is 1. The van der Waals surface area contributed by atoms with Crippen molar-refractivity contribution < 1.29 is 14.0 Å². The summed E-state index contributed by atoms with van der Waals surface area (Å²) in [5.74, 6) is 1.38. The zero-order valence-corrected chi connectivity index (χ0v) is 14.5. The number of nitrogens with one attached hydrogen (secondary N) is 1. The molecule has 0 radical (unpaired) electrons. The first-order valence-electron chi connectivity index (χ1n) is 8.93. The van der Waals surface area contributed by atoms with Crippen molar-refractivity contribution >= 4 is 11.8 Å². The second kappa shape index (κ2) is 7.32. The number of carbonyl (C=O) groups is 2. The van der Waals surface area contributed by atoms with Gasteiger partial charge in [-0.1, -0.05) is 12.8 Å². The Kier molecular flexibility index (Phi) is 5.16. The summed E-state index contributed by atoms with van der Waals surface area (Å²) < 4.78 is 5.35. The molecule has 1 N–H and O–H groups in total. The third kappa shape index (κ3) is 3.76. The van der Waals surface area contributed by atoms with Crippen molar-refractivity contribution in [3.05, 3.63) is 11.8 Å². The standard InChI is InChI=1S/C17H26N4O3/c1-11(16-20-19-12(2)24-16)18-15(22)13-7-9-21(10-8-13)17(23)14-5-3-4-6-14/h11,13-14H,3-10H2,1-2H3,(H,18,22)/t11-/m0/s1. The molecule has 1 atom stereocenters. The summed E-state index contributed by atoms with van der Waals surface area (Å²) in [7, 11) is 0. The number of nitrogens with zero attached hydrogens (tertiary/aromatic N) is 3. The molecule has 7 heteroatoms. The van der Waals surface area contributed by atoms with E-state index >= 15 is 0 Å². The van der Waals surface area contributed by atoms with E-state index in [-0.39, 0.29) is 23.8 Å². The third-order valence-corrected chi connectivity index (χ3v) is 5.15. The molecule has 1 aliphatic carbocycles. The number of hydrogen-bond donors (Lipinski definition) is 1. The molecule has 1 saturated heterocycles. The molecule has 1 saturated carbocycles. The lowest BCUT2D eigenvalue weighted by molar-refractivity contribution is -0.139. The second-order valence-electron chi connectivity index (χ2n) is 6.97. The molecule has 0 spiro atoms. The number of aromatic nitrogens is 2. The van der Waals surface area contributed by atoms with Crippen molar-refractivity contribution in [3.8, 4) is 0 Å². The molecule has 2 fully saturated rings. The van der Waals surface area contributed by atoms with Gasteiger partial charge in [-0.25, -0.2) is 0 Å². The van der Waals surface area contributed by atoms with E-state index < -0.39 is 0 Å². The number of amides is 2. The molecule has 2 heterocycles. The maximum absolute atomic E-state index is 12.4. The largest absolute Gasteiger partial charge is 0.423 e. The van der Waals surface area contributed by atoms with Crippen LogP contribution in [-0.2, 0) is 9.59 Å². The highest BCUT2D eigenvalue weighted by atomic mass is 16.4. The van der Waals surface area contributed by atoms with Crippen LogP contribution in [0.25, 0.3) is 0 Å². The van der Waals surface area contributed by atoms with Crippen molar-refractivity contribution in [1.82, 2.24) is 20.4 Å². The van der Waals surface area contributed by atoms with Gasteiger partial charge in [0.25, 0.3) is 0 Å². The van der Waals surface area contributed by atoms with Gasteiger partial charge in [0.1, 0.15) is 6.04 Å². The van der Waals surface area contributed by atoms with Crippen molar-refractivity contribution in [1.29, 1.82) is 0 Å². The lowest BCUT2D eigenvalue weighted by Gasteiger charge is -2.33. The Hall–Kier alpha value is -1.92. The number of likely N-dealkylation sites (tertiary alicyclic amines) is 1. The normalized spacial score (nSPS) is 21.0. The Morgan fingerprint density at radius 2 is 1.79 bits per heavy atom. The Balaban J connectivity index is 1.47. The summed E-state index contributed by atoms with van der Waals surface area (Å²) in [6, 6.07) is -0.295. The monoisotopic (exact) mass is 334 g/mol. The minimum Gasteiger partial charge on any atom is -0.423 e. The van der Waals surface area contributed by atoms with Gasteiger partial charge >= 0.3 is 0 Å². The molecule has 1 aliphatic heterocycles. The number of carbonyl (C=O) groups excluding carboxylic acids is 2. The second-order valence-corrected chi connectivity index (χ2v) is 6.97. The van der Waals surface area contributed by atoms with E-state index in [2.05, 4.69) is 15.5 Å². The number of rotatable bonds is 4. The van der Waals surface area contributed by atoms with Crippen molar-refractivity contribution in [2.75, 3.05) is 13.1 Å². The van der Waals surface area contributed by atoms with Gasteiger partial charge in [-0.2, -0.15) is 0 Å². The van der Waals surface area contributed by atoms with E-state index in [9.17, 15) is 9.59 Å². The van der Waals surface area contributed by atoms with Gasteiger partial charge < -0.3 is 14.6 Å². The van der Waals surface area contributed by atoms with Gasteiger partial charge in [0.2, 0.25) is 23.6 Å². The quantitative estimate of drug-likeness (QED) is 0.909. The molecule has 3 rings (SSSR count). The molecule has 0 bridgehead atoms. The minimum absolute atomic E-state index is 0.00585. The van der Waals surface area contributed by atoms with Crippen LogP contribution in [0.1, 0.15) is 63.3 Å². The van der Waals surface area contributed by atoms with Crippen LogP contribution in [0.3, 0.4) is 0 Å². The van der Waals surface area contributed by atoms with Gasteiger partial charge in [-0.05, 0) is 32.6 Å². The summed E-state index contributed by atoms with van der Waals surface area (Å²) in [6.45, 7) is 4.93. The van der Waals surface area contributed by atoms with Gasteiger partial charge in [0.05, 0.1) is 0 Å². The van der Waals surface area contributed by atoms with Crippen molar-refractivity contribution in [3.63, 3.8) is 0 Å². The summed E-state index contributed by atoms with van der Waals surface area (Å²) in [4.78, 5) is 26.8. The summed E-state index contributed by atoms with van der Waals surface area (Å²) in [5, 5.41) is 10.7.